The van der Waals surface area contributed by atoms with Crippen LogP contribution in [0.4, 0.5) is 5.69 Å². The van der Waals surface area contributed by atoms with Crippen molar-refractivity contribution in [3.63, 3.8) is 0 Å². The van der Waals surface area contributed by atoms with E-state index in [1.807, 2.05) is 18.2 Å². The van der Waals surface area contributed by atoms with Crippen LogP contribution in [0.2, 0.25) is 0 Å². The molecule has 0 radical (unpaired) electrons. The van der Waals surface area contributed by atoms with Crippen LogP contribution in [0.5, 0.6) is 0 Å². The smallest absolute Gasteiger partial charge is 0.227 e. The summed E-state index contributed by atoms with van der Waals surface area (Å²) in [5.74, 6) is 1.92. The molecule has 25 heavy (non-hydrogen) atoms. The highest BCUT2D eigenvalue weighted by molar-refractivity contribution is 5.92. The maximum absolute atomic E-state index is 12.4. The van der Waals surface area contributed by atoms with Crippen LogP contribution in [0.3, 0.4) is 0 Å². The molecular formula is C20H30N4O. The molecule has 0 bridgehead atoms. The van der Waals surface area contributed by atoms with Gasteiger partial charge in [0.2, 0.25) is 5.91 Å². The normalized spacial score (nSPS) is 23.8. The quantitative estimate of drug-likeness (QED) is 0.568. The Morgan fingerprint density at radius 3 is 2.68 bits per heavy atom. The second-order valence-electron chi connectivity index (χ2n) is 7.41. The fourth-order valence-corrected chi connectivity index (χ4v) is 3.45. The zero-order chi connectivity index (χ0) is 17.6. The van der Waals surface area contributed by atoms with E-state index in [9.17, 15) is 4.79 Å². The third-order valence-electron chi connectivity index (χ3n) is 5.29. The van der Waals surface area contributed by atoms with Crippen molar-refractivity contribution in [2.45, 2.75) is 58.0 Å². The lowest BCUT2D eigenvalue weighted by atomic mass is 9.88. The van der Waals surface area contributed by atoms with E-state index in [4.69, 9.17) is 0 Å². The number of nitrogens with one attached hydrogen (secondary N) is 3. The molecule has 2 unspecified atom stereocenters. The van der Waals surface area contributed by atoms with Gasteiger partial charge in [-0.1, -0.05) is 38.3 Å². The Kier molecular flexibility index (Phi) is 5.95. The molecule has 2 fully saturated rings. The molecule has 3 N–H and O–H groups in total. The van der Waals surface area contributed by atoms with Crippen LogP contribution in [0.15, 0.2) is 29.3 Å². The van der Waals surface area contributed by atoms with E-state index in [0.717, 1.165) is 36.0 Å². The molecule has 2 aliphatic rings. The Bertz CT molecular complexity index is 622. The first-order valence-electron chi connectivity index (χ1n) is 9.52. The van der Waals surface area contributed by atoms with Crippen LogP contribution in [-0.4, -0.2) is 25.0 Å². The first-order chi connectivity index (χ1) is 12.2. The van der Waals surface area contributed by atoms with Gasteiger partial charge in [0.15, 0.2) is 5.96 Å². The predicted octanol–water partition coefficient (Wildman–Crippen LogP) is 3.28. The van der Waals surface area contributed by atoms with Crippen molar-refractivity contribution in [1.82, 2.24) is 10.6 Å². The number of amides is 1. The Labute approximate surface area is 150 Å². The highest BCUT2D eigenvalue weighted by atomic mass is 16.1. The Hall–Kier alpha value is -2.04. The maximum Gasteiger partial charge on any atom is 0.227 e. The molecule has 0 aliphatic heterocycles. The summed E-state index contributed by atoms with van der Waals surface area (Å²) in [6.45, 7) is 2.93. The van der Waals surface area contributed by atoms with Crippen LogP contribution in [-0.2, 0) is 11.3 Å². The van der Waals surface area contributed by atoms with Crippen molar-refractivity contribution in [3.8, 4) is 0 Å². The second-order valence-corrected chi connectivity index (χ2v) is 7.41. The van der Waals surface area contributed by atoms with Crippen LogP contribution in [0, 0.1) is 11.8 Å². The van der Waals surface area contributed by atoms with Gasteiger partial charge < -0.3 is 16.0 Å². The molecule has 2 saturated carbocycles. The van der Waals surface area contributed by atoms with Gasteiger partial charge in [0.25, 0.3) is 0 Å². The molecular weight excluding hydrogens is 312 g/mol. The minimum atomic E-state index is 0.171. The van der Waals surface area contributed by atoms with E-state index < -0.39 is 0 Å². The summed E-state index contributed by atoms with van der Waals surface area (Å²) in [7, 11) is 1.79. The molecule has 0 heterocycles. The average Bonchev–Trinajstić information content (AvgIpc) is 3.34. The van der Waals surface area contributed by atoms with Gasteiger partial charge in [-0.25, -0.2) is 0 Å². The molecule has 3 rings (SSSR count). The van der Waals surface area contributed by atoms with Gasteiger partial charge in [-0.15, -0.1) is 0 Å². The highest BCUT2D eigenvalue weighted by Gasteiger charge is 2.33. The standard InChI is InChI=1S/C20H30N4O/c1-14-11-18(14)24-20(21-2)22-13-15-7-6-10-17(12-15)23-19(25)16-8-4-3-5-9-16/h6-7,10,12,14,16,18H,3-5,8-9,11,13H2,1-2H3,(H,23,25)(H2,21,22,24). The fourth-order valence-electron chi connectivity index (χ4n) is 3.45. The van der Waals surface area contributed by atoms with E-state index in [-0.39, 0.29) is 11.8 Å². The molecule has 0 spiro atoms. The molecule has 5 nitrogen and oxygen atoms in total. The molecule has 5 heteroatoms. The number of anilines is 1. The number of aliphatic imine (C=N–C) groups is 1. The van der Waals surface area contributed by atoms with Crippen LogP contribution >= 0.6 is 0 Å². The zero-order valence-electron chi connectivity index (χ0n) is 15.3. The van der Waals surface area contributed by atoms with Crippen molar-refractivity contribution >= 4 is 17.6 Å². The number of guanidine groups is 1. The molecule has 1 amide bonds. The largest absolute Gasteiger partial charge is 0.353 e. The summed E-state index contributed by atoms with van der Waals surface area (Å²) < 4.78 is 0. The molecule has 2 atom stereocenters. The Balaban J connectivity index is 1.51. The van der Waals surface area contributed by atoms with Gasteiger partial charge >= 0.3 is 0 Å². The van der Waals surface area contributed by atoms with Gasteiger partial charge in [-0.3, -0.25) is 9.79 Å². The lowest BCUT2D eigenvalue weighted by molar-refractivity contribution is -0.120. The minimum absolute atomic E-state index is 0.171. The zero-order valence-corrected chi connectivity index (χ0v) is 15.3. The van der Waals surface area contributed by atoms with Gasteiger partial charge in [-0.05, 0) is 42.9 Å². The topological polar surface area (TPSA) is 65.5 Å². The third-order valence-corrected chi connectivity index (χ3v) is 5.29. The van der Waals surface area contributed by atoms with E-state index >= 15 is 0 Å². The lowest BCUT2D eigenvalue weighted by Crippen LogP contribution is -2.38. The Morgan fingerprint density at radius 1 is 1.24 bits per heavy atom. The number of nitrogens with zero attached hydrogens (tertiary/aromatic N) is 1. The van der Waals surface area contributed by atoms with Crippen molar-refractivity contribution in [2.24, 2.45) is 16.8 Å². The number of benzene rings is 1. The molecule has 136 valence electrons. The summed E-state index contributed by atoms with van der Waals surface area (Å²) in [4.78, 5) is 16.7. The minimum Gasteiger partial charge on any atom is -0.353 e. The SMILES string of the molecule is CN=C(NCc1cccc(NC(=O)C2CCCCC2)c1)NC1CC1C. The van der Waals surface area contributed by atoms with E-state index in [1.165, 1.54) is 25.7 Å². The number of carbonyl (C=O) groups excluding carboxylic acids is 1. The summed E-state index contributed by atoms with van der Waals surface area (Å²) in [5.41, 5.74) is 2.02. The summed E-state index contributed by atoms with van der Waals surface area (Å²) in [5, 5.41) is 9.86. The maximum atomic E-state index is 12.4. The second kappa shape index (κ2) is 8.37. The first kappa shape index (κ1) is 17.8. The van der Waals surface area contributed by atoms with Crippen LogP contribution < -0.4 is 16.0 Å². The number of rotatable bonds is 5. The van der Waals surface area contributed by atoms with Crippen molar-refractivity contribution in [2.75, 3.05) is 12.4 Å². The highest BCUT2D eigenvalue weighted by Crippen LogP contribution is 2.28. The van der Waals surface area contributed by atoms with Crippen molar-refractivity contribution < 1.29 is 4.79 Å². The van der Waals surface area contributed by atoms with Crippen molar-refractivity contribution in [1.29, 1.82) is 0 Å². The average molecular weight is 342 g/mol. The van der Waals surface area contributed by atoms with E-state index in [0.29, 0.717) is 12.6 Å². The summed E-state index contributed by atoms with van der Waals surface area (Å²) >= 11 is 0. The van der Waals surface area contributed by atoms with Gasteiger partial charge in [0.05, 0.1) is 0 Å². The molecule has 2 aliphatic carbocycles. The van der Waals surface area contributed by atoms with Gasteiger partial charge in [-0.2, -0.15) is 0 Å². The summed E-state index contributed by atoms with van der Waals surface area (Å²) in [6, 6.07) is 8.61. The van der Waals surface area contributed by atoms with E-state index in [2.05, 4.69) is 33.9 Å². The molecule has 0 saturated heterocycles. The monoisotopic (exact) mass is 342 g/mol. The van der Waals surface area contributed by atoms with Gasteiger partial charge in [0, 0.05) is 31.2 Å². The Morgan fingerprint density at radius 2 is 2.00 bits per heavy atom. The molecule has 1 aromatic rings. The molecule has 1 aromatic carbocycles. The van der Waals surface area contributed by atoms with Crippen molar-refractivity contribution in [3.05, 3.63) is 29.8 Å². The first-order valence-corrected chi connectivity index (χ1v) is 9.52. The fraction of sp³-hybridized carbons (Fsp3) is 0.600. The number of carbonyl (C=O) groups is 1. The number of hydrogen-bond donors (Lipinski definition) is 3. The van der Waals surface area contributed by atoms with E-state index in [1.54, 1.807) is 7.05 Å². The molecule has 0 aromatic heterocycles. The third kappa shape index (κ3) is 5.21. The predicted molar refractivity (Wildman–Crippen MR) is 103 cm³/mol. The van der Waals surface area contributed by atoms with Crippen LogP contribution in [0.25, 0.3) is 0 Å². The van der Waals surface area contributed by atoms with Gasteiger partial charge in [0.1, 0.15) is 0 Å². The summed E-state index contributed by atoms with van der Waals surface area (Å²) in [6.07, 6.45) is 6.87. The van der Waals surface area contributed by atoms with Crippen LogP contribution in [0.1, 0.15) is 51.0 Å². The lowest BCUT2D eigenvalue weighted by Gasteiger charge is -2.21. The number of hydrogen-bond acceptors (Lipinski definition) is 2.